The van der Waals surface area contributed by atoms with Gasteiger partial charge < -0.3 is 13.9 Å². The summed E-state index contributed by atoms with van der Waals surface area (Å²) in [5.41, 5.74) is 1.73. The molecule has 0 saturated heterocycles. The van der Waals surface area contributed by atoms with Gasteiger partial charge >= 0.3 is 0 Å². The Morgan fingerprint density at radius 3 is 2.70 bits per heavy atom. The van der Waals surface area contributed by atoms with Gasteiger partial charge in [0.2, 0.25) is 0 Å². The molecule has 1 aromatic heterocycles. The van der Waals surface area contributed by atoms with Gasteiger partial charge in [0, 0.05) is 16.0 Å². The molecule has 3 nitrogen and oxygen atoms in total. The maximum atomic E-state index is 5.93. The first kappa shape index (κ1) is 12.9. The van der Waals surface area contributed by atoms with Crippen LogP contribution in [0.5, 0.6) is 11.5 Å². The fourth-order valence-corrected chi connectivity index (χ4v) is 2.22. The first-order chi connectivity index (χ1) is 9.78. The maximum Gasteiger partial charge on any atom is 0.161 e. The summed E-state index contributed by atoms with van der Waals surface area (Å²) in [6.45, 7) is 0.412. The molecule has 0 N–H and O–H groups in total. The zero-order valence-electron chi connectivity index (χ0n) is 10.9. The topological polar surface area (TPSA) is 31.6 Å². The van der Waals surface area contributed by atoms with E-state index >= 15 is 0 Å². The summed E-state index contributed by atoms with van der Waals surface area (Å²) >= 11 is 5.93. The molecule has 0 fully saturated rings. The Balaban J connectivity index is 1.83. The fourth-order valence-electron chi connectivity index (χ4n) is 2.06. The number of fused-ring (bicyclic) bond motifs is 1. The van der Waals surface area contributed by atoms with Crippen molar-refractivity contribution in [2.75, 3.05) is 7.11 Å². The maximum absolute atomic E-state index is 5.93. The van der Waals surface area contributed by atoms with Gasteiger partial charge in [0.15, 0.2) is 11.5 Å². The number of halogens is 1. The van der Waals surface area contributed by atoms with Crippen LogP contribution in [-0.2, 0) is 6.61 Å². The zero-order valence-corrected chi connectivity index (χ0v) is 11.7. The molecule has 0 bridgehead atoms. The standard InChI is InChI=1S/C16H13ClO3/c1-18-14-4-2-3-5-15(14)19-9-11-10-20-16-8-12(17)6-7-13(11)16/h2-8,10H,9H2,1H3. The lowest BCUT2D eigenvalue weighted by atomic mass is 10.2. The van der Waals surface area contributed by atoms with E-state index in [-0.39, 0.29) is 0 Å². The Hall–Kier alpha value is -2.13. The highest BCUT2D eigenvalue weighted by atomic mass is 35.5. The Labute approximate surface area is 121 Å². The van der Waals surface area contributed by atoms with Crippen molar-refractivity contribution in [2.24, 2.45) is 0 Å². The molecule has 3 rings (SSSR count). The average molecular weight is 289 g/mol. The van der Waals surface area contributed by atoms with Crippen molar-refractivity contribution in [3.8, 4) is 11.5 Å². The highest BCUT2D eigenvalue weighted by Gasteiger charge is 2.08. The molecular formula is C16H13ClO3. The minimum absolute atomic E-state index is 0.412. The van der Waals surface area contributed by atoms with Crippen LogP contribution >= 0.6 is 11.6 Å². The molecule has 0 aliphatic carbocycles. The predicted molar refractivity (Wildman–Crippen MR) is 78.6 cm³/mol. The molecule has 2 aromatic carbocycles. The zero-order chi connectivity index (χ0) is 13.9. The monoisotopic (exact) mass is 288 g/mol. The Morgan fingerprint density at radius 1 is 1.10 bits per heavy atom. The van der Waals surface area contributed by atoms with Crippen LogP contribution in [0.15, 0.2) is 53.1 Å². The molecule has 0 saturated carbocycles. The van der Waals surface area contributed by atoms with Gasteiger partial charge in [-0.1, -0.05) is 23.7 Å². The van der Waals surface area contributed by atoms with E-state index in [0.29, 0.717) is 23.1 Å². The van der Waals surface area contributed by atoms with E-state index in [2.05, 4.69) is 0 Å². The van der Waals surface area contributed by atoms with E-state index in [0.717, 1.165) is 16.5 Å². The fraction of sp³-hybridized carbons (Fsp3) is 0.125. The highest BCUT2D eigenvalue weighted by molar-refractivity contribution is 6.31. The van der Waals surface area contributed by atoms with E-state index < -0.39 is 0 Å². The first-order valence-corrected chi connectivity index (χ1v) is 6.57. The van der Waals surface area contributed by atoms with Crippen molar-refractivity contribution >= 4 is 22.6 Å². The minimum Gasteiger partial charge on any atom is -0.493 e. The van der Waals surface area contributed by atoms with Gasteiger partial charge in [-0.15, -0.1) is 0 Å². The van der Waals surface area contributed by atoms with Crippen LogP contribution in [0.25, 0.3) is 11.0 Å². The second-order valence-corrected chi connectivity index (χ2v) is 4.78. The molecule has 3 aromatic rings. The van der Waals surface area contributed by atoms with Crippen LogP contribution in [0, 0.1) is 0 Å². The number of para-hydroxylation sites is 2. The number of rotatable bonds is 4. The van der Waals surface area contributed by atoms with Crippen molar-refractivity contribution in [1.82, 2.24) is 0 Å². The lowest BCUT2D eigenvalue weighted by Gasteiger charge is -2.09. The van der Waals surface area contributed by atoms with Gasteiger partial charge in [0.25, 0.3) is 0 Å². The molecule has 0 aliphatic rings. The average Bonchev–Trinajstić information content (AvgIpc) is 2.87. The van der Waals surface area contributed by atoms with E-state index in [1.165, 1.54) is 0 Å². The van der Waals surface area contributed by atoms with Gasteiger partial charge in [-0.05, 0) is 30.3 Å². The third-order valence-corrected chi connectivity index (χ3v) is 3.31. The smallest absolute Gasteiger partial charge is 0.161 e. The Kier molecular flexibility index (Phi) is 3.52. The Bertz CT molecular complexity index is 733. The van der Waals surface area contributed by atoms with Crippen molar-refractivity contribution in [3.63, 3.8) is 0 Å². The molecule has 4 heteroatoms. The van der Waals surface area contributed by atoms with Crippen molar-refractivity contribution in [1.29, 1.82) is 0 Å². The minimum atomic E-state index is 0.412. The van der Waals surface area contributed by atoms with E-state index in [9.17, 15) is 0 Å². The summed E-state index contributed by atoms with van der Waals surface area (Å²) in [6.07, 6.45) is 1.69. The van der Waals surface area contributed by atoms with Crippen LogP contribution in [-0.4, -0.2) is 7.11 Å². The molecule has 0 atom stereocenters. The molecule has 0 unspecified atom stereocenters. The number of benzene rings is 2. The van der Waals surface area contributed by atoms with Crippen molar-refractivity contribution in [2.45, 2.75) is 6.61 Å². The molecular weight excluding hydrogens is 276 g/mol. The van der Waals surface area contributed by atoms with E-state index in [1.54, 1.807) is 19.4 Å². The van der Waals surface area contributed by atoms with Gasteiger partial charge in [0.1, 0.15) is 12.2 Å². The number of hydrogen-bond acceptors (Lipinski definition) is 3. The second-order valence-electron chi connectivity index (χ2n) is 4.34. The lowest BCUT2D eigenvalue weighted by molar-refractivity contribution is 0.284. The first-order valence-electron chi connectivity index (χ1n) is 6.19. The number of furan rings is 1. The summed E-state index contributed by atoms with van der Waals surface area (Å²) in [4.78, 5) is 0. The van der Waals surface area contributed by atoms with Crippen LogP contribution in [0.1, 0.15) is 5.56 Å². The van der Waals surface area contributed by atoms with Crippen LogP contribution < -0.4 is 9.47 Å². The van der Waals surface area contributed by atoms with Crippen LogP contribution in [0.2, 0.25) is 5.02 Å². The second kappa shape index (κ2) is 5.47. The predicted octanol–water partition coefficient (Wildman–Crippen LogP) is 4.67. The third kappa shape index (κ3) is 2.45. The molecule has 0 spiro atoms. The van der Waals surface area contributed by atoms with Gasteiger partial charge in [-0.25, -0.2) is 0 Å². The lowest BCUT2D eigenvalue weighted by Crippen LogP contribution is -1.96. The summed E-state index contributed by atoms with van der Waals surface area (Å²) in [7, 11) is 1.62. The van der Waals surface area contributed by atoms with Crippen LogP contribution in [0.4, 0.5) is 0 Å². The Morgan fingerprint density at radius 2 is 1.90 bits per heavy atom. The summed E-state index contributed by atoms with van der Waals surface area (Å²) in [6, 6.07) is 13.1. The molecule has 1 heterocycles. The summed E-state index contributed by atoms with van der Waals surface area (Å²) in [5, 5.41) is 1.66. The summed E-state index contributed by atoms with van der Waals surface area (Å²) < 4.78 is 16.5. The van der Waals surface area contributed by atoms with Gasteiger partial charge in [0.05, 0.1) is 13.4 Å². The molecule has 0 amide bonds. The summed E-state index contributed by atoms with van der Waals surface area (Å²) in [5.74, 6) is 1.42. The van der Waals surface area contributed by atoms with Gasteiger partial charge in [-0.3, -0.25) is 0 Å². The number of ether oxygens (including phenoxy) is 2. The number of methoxy groups -OCH3 is 1. The third-order valence-electron chi connectivity index (χ3n) is 3.07. The molecule has 0 radical (unpaired) electrons. The van der Waals surface area contributed by atoms with Gasteiger partial charge in [-0.2, -0.15) is 0 Å². The van der Waals surface area contributed by atoms with Crippen molar-refractivity contribution < 1.29 is 13.9 Å². The largest absolute Gasteiger partial charge is 0.493 e. The quantitative estimate of drug-likeness (QED) is 0.699. The van der Waals surface area contributed by atoms with Crippen molar-refractivity contribution in [3.05, 3.63) is 59.3 Å². The number of hydrogen-bond donors (Lipinski definition) is 0. The molecule has 102 valence electrons. The van der Waals surface area contributed by atoms with Crippen LogP contribution in [0.3, 0.4) is 0 Å². The SMILES string of the molecule is COc1ccccc1OCc1coc2cc(Cl)ccc12. The van der Waals surface area contributed by atoms with E-state index in [1.807, 2.05) is 36.4 Å². The highest BCUT2D eigenvalue weighted by Crippen LogP contribution is 2.29. The normalized spacial score (nSPS) is 10.7. The van der Waals surface area contributed by atoms with E-state index in [4.69, 9.17) is 25.5 Å². The molecule has 0 aliphatic heterocycles. The molecule has 20 heavy (non-hydrogen) atoms.